The second-order valence-electron chi connectivity index (χ2n) is 10.7. The number of hydrogen-bond donors (Lipinski definition) is 1. The number of nitrogens with zero attached hydrogens (tertiary/aromatic N) is 6. The van der Waals surface area contributed by atoms with Gasteiger partial charge in [0.25, 0.3) is 5.91 Å². The van der Waals surface area contributed by atoms with E-state index in [-0.39, 0.29) is 35.8 Å². The number of hydrogen-bond acceptors (Lipinski definition) is 12. The number of benzene rings is 1. The van der Waals surface area contributed by atoms with Gasteiger partial charge in [-0.1, -0.05) is 19.1 Å². The minimum atomic E-state index is -3.44. The summed E-state index contributed by atoms with van der Waals surface area (Å²) in [4.78, 5) is 37.4. The number of rotatable bonds is 14. The van der Waals surface area contributed by atoms with Gasteiger partial charge in [-0.2, -0.15) is 23.8 Å². The third-order valence-corrected chi connectivity index (χ3v) is 9.43. The van der Waals surface area contributed by atoms with Gasteiger partial charge in [-0.25, -0.2) is 18.4 Å². The molecule has 5 rings (SSSR count). The number of esters is 1. The summed E-state index contributed by atoms with van der Waals surface area (Å²) in [5.41, 5.74) is 1.30. The number of aromatic nitrogens is 5. The average Bonchev–Trinajstić information content (AvgIpc) is 3.78. The standard InChI is InChI=1S/C31H33F2N7O7S/c1-3-48(43,44)25-8-4-20(5-9-25)26(15-29(41)45-2)38-30(42)21-6-10-27(34-16-21)39-18-24(14-23(39)19-46-31(32)33)47-28-11-7-22(17-35-28)40-36-12-13-37-40/h4-13,16-17,23-24,26,31H,3,14-15,18-19H2,1-2H3,(H,38,42)/t23-,24-,26-/m0/s1. The van der Waals surface area contributed by atoms with Crippen molar-refractivity contribution in [3.05, 3.63) is 84.4 Å². The second-order valence-corrected chi connectivity index (χ2v) is 13.0. The van der Waals surface area contributed by atoms with Gasteiger partial charge in [-0.3, -0.25) is 9.59 Å². The van der Waals surface area contributed by atoms with Crippen LogP contribution in [0.1, 0.15) is 41.7 Å². The van der Waals surface area contributed by atoms with E-state index < -0.39 is 46.5 Å². The molecule has 1 amide bonds. The maximum Gasteiger partial charge on any atom is 0.345 e. The largest absolute Gasteiger partial charge is 0.472 e. The molecule has 1 fully saturated rings. The molecule has 0 unspecified atom stereocenters. The quantitative estimate of drug-likeness (QED) is 0.193. The molecular weight excluding hydrogens is 652 g/mol. The highest BCUT2D eigenvalue weighted by molar-refractivity contribution is 7.91. The summed E-state index contributed by atoms with van der Waals surface area (Å²) in [5.74, 6) is -0.461. The van der Waals surface area contributed by atoms with E-state index in [2.05, 4.69) is 30.2 Å². The molecule has 48 heavy (non-hydrogen) atoms. The van der Waals surface area contributed by atoms with Gasteiger partial charge in [-0.05, 0) is 35.9 Å². The number of halogens is 2. The zero-order chi connectivity index (χ0) is 34.3. The second kappa shape index (κ2) is 15.2. The predicted octanol–water partition coefficient (Wildman–Crippen LogP) is 3.15. The van der Waals surface area contributed by atoms with Crippen LogP contribution < -0.4 is 15.0 Å². The van der Waals surface area contributed by atoms with Crippen LogP contribution >= 0.6 is 0 Å². The number of alkyl halides is 2. The van der Waals surface area contributed by atoms with Crippen LogP contribution in [0.25, 0.3) is 5.69 Å². The van der Waals surface area contributed by atoms with Gasteiger partial charge in [0.1, 0.15) is 17.6 Å². The molecule has 4 aromatic rings. The normalized spacial score (nSPS) is 16.9. The predicted molar refractivity (Wildman–Crippen MR) is 167 cm³/mol. The van der Waals surface area contributed by atoms with Crippen molar-refractivity contribution in [3.63, 3.8) is 0 Å². The summed E-state index contributed by atoms with van der Waals surface area (Å²) in [6.07, 6.45) is 5.67. The van der Waals surface area contributed by atoms with Crippen LogP contribution in [0.15, 0.2) is 78.2 Å². The van der Waals surface area contributed by atoms with Crippen LogP contribution in [0.3, 0.4) is 0 Å². The Morgan fingerprint density at radius 2 is 1.77 bits per heavy atom. The van der Waals surface area contributed by atoms with Crippen molar-refractivity contribution in [3.8, 4) is 11.6 Å². The number of carbonyl (C=O) groups excluding carboxylic acids is 2. The monoisotopic (exact) mass is 685 g/mol. The summed E-state index contributed by atoms with van der Waals surface area (Å²) >= 11 is 0. The fraction of sp³-hybridized carbons (Fsp3) is 0.355. The molecule has 1 N–H and O–H groups in total. The van der Waals surface area contributed by atoms with E-state index in [0.29, 0.717) is 29.4 Å². The van der Waals surface area contributed by atoms with Crippen molar-refractivity contribution in [1.29, 1.82) is 0 Å². The van der Waals surface area contributed by atoms with Gasteiger partial charge in [0, 0.05) is 18.7 Å². The van der Waals surface area contributed by atoms with Crippen LogP contribution in [-0.4, -0.2) is 90.0 Å². The molecule has 1 aromatic carbocycles. The first kappa shape index (κ1) is 34.3. The van der Waals surface area contributed by atoms with E-state index in [1.807, 2.05) is 0 Å². The van der Waals surface area contributed by atoms with Crippen molar-refractivity contribution in [2.45, 2.75) is 49.5 Å². The van der Waals surface area contributed by atoms with E-state index in [9.17, 15) is 26.8 Å². The van der Waals surface area contributed by atoms with Gasteiger partial charge in [0.05, 0.1) is 73.6 Å². The maximum absolute atomic E-state index is 13.2. The van der Waals surface area contributed by atoms with Gasteiger partial charge >= 0.3 is 12.6 Å². The summed E-state index contributed by atoms with van der Waals surface area (Å²) in [6.45, 7) is -1.42. The summed E-state index contributed by atoms with van der Waals surface area (Å²) in [5, 5.41) is 10.9. The lowest BCUT2D eigenvalue weighted by molar-refractivity contribution is -0.141. The Kier molecular flexibility index (Phi) is 10.9. The Hall–Kier alpha value is -5.03. The number of carbonyl (C=O) groups is 2. The first-order valence-electron chi connectivity index (χ1n) is 14.9. The molecule has 0 saturated carbocycles. The summed E-state index contributed by atoms with van der Waals surface area (Å²) in [7, 11) is -2.22. The van der Waals surface area contributed by atoms with Crippen LogP contribution in [0.4, 0.5) is 14.6 Å². The Morgan fingerprint density at radius 3 is 2.38 bits per heavy atom. The first-order chi connectivity index (χ1) is 23.1. The summed E-state index contributed by atoms with van der Waals surface area (Å²) < 4.78 is 65.8. The van der Waals surface area contributed by atoms with Crippen molar-refractivity contribution >= 4 is 27.5 Å². The Bertz CT molecular complexity index is 1780. The lowest BCUT2D eigenvalue weighted by Gasteiger charge is -2.25. The van der Waals surface area contributed by atoms with Crippen LogP contribution in [0.2, 0.25) is 0 Å². The first-order valence-corrected chi connectivity index (χ1v) is 16.5. The SMILES string of the molecule is CCS(=O)(=O)c1ccc([C@H](CC(=O)OC)NC(=O)c2ccc(N3C[C@@H](Oc4ccc(-n5nccn5)cn4)C[C@H]3COC(F)F)nc2)cc1. The molecule has 0 bridgehead atoms. The zero-order valence-electron chi connectivity index (χ0n) is 26.0. The number of nitrogens with one attached hydrogen (secondary N) is 1. The Balaban J connectivity index is 1.28. The van der Waals surface area contributed by atoms with Gasteiger partial charge < -0.3 is 24.4 Å². The average molecular weight is 686 g/mol. The minimum absolute atomic E-state index is 0.0702. The lowest BCUT2D eigenvalue weighted by atomic mass is 10.0. The molecule has 1 aliphatic rings. The fourth-order valence-corrected chi connectivity index (χ4v) is 6.05. The molecule has 14 nitrogen and oxygen atoms in total. The summed E-state index contributed by atoms with van der Waals surface area (Å²) in [6, 6.07) is 11.1. The highest BCUT2D eigenvalue weighted by atomic mass is 32.2. The topological polar surface area (TPSA) is 168 Å². The molecule has 254 valence electrons. The Morgan fingerprint density at radius 1 is 1.02 bits per heavy atom. The highest BCUT2D eigenvalue weighted by Gasteiger charge is 2.35. The van der Waals surface area contributed by atoms with E-state index in [4.69, 9.17) is 9.47 Å². The van der Waals surface area contributed by atoms with E-state index in [1.54, 1.807) is 41.7 Å². The minimum Gasteiger partial charge on any atom is -0.472 e. The lowest BCUT2D eigenvalue weighted by Crippen LogP contribution is -2.35. The number of sulfone groups is 1. The number of methoxy groups -OCH3 is 1. The van der Waals surface area contributed by atoms with E-state index in [0.717, 1.165) is 0 Å². The van der Waals surface area contributed by atoms with E-state index in [1.165, 1.54) is 55.4 Å². The van der Waals surface area contributed by atoms with Crippen LogP contribution in [-0.2, 0) is 24.1 Å². The number of pyridine rings is 2. The third-order valence-electron chi connectivity index (χ3n) is 7.68. The van der Waals surface area contributed by atoms with Crippen molar-refractivity contribution in [2.75, 3.05) is 30.9 Å². The van der Waals surface area contributed by atoms with Gasteiger partial charge in [0.15, 0.2) is 9.84 Å². The zero-order valence-corrected chi connectivity index (χ0v) is 26.8. The molecule has 17 heteroatoms. The highest BCUT2D eigenvalue weighted by Crippen LogP contribution is 2.28. The number of ether oxygens (including phenoxy) is 3. The molecule has 1 aliphatic heterocycles. The smallest absolute Gasteiger partial charge is 0.345 e. The molecule has 0 spiro atoms. The third kappa shape index (κ3) is 8.46. The molecular formula is C31H33F2N7O7S. The molecule has 0 aliphatic carbocycles. The molecule has 4 heterocycles. The molecule has 3 aromatic heterocycles. The maximum atomic E-state index is 13.2. The Labute approximate surface area is 275 Å². The molecule has 3 atom stereocenters. The van der Waals surface area contributed by atoms with Gasteiger partial charge in [-0.15, -0.1) is 0 Å². The van der Waals surface area contributed by atoms with Crippen LogP contribution in [0, 0.1) is 0 Å². The van der Waals surface area contributed by atoms with Crippen molar-refractivity contribution < 1.29 is 41.0 Å². The molecule has 0 radical (unpaired) electrons. The van der Waals surface area contributed by atoms with Gasteiger partial charge in [0.2, 0.25) is 5.88 Å². The number of anilines is 1. The number of amides is 1. The van der Waals surface area contributed by atoms with Crippen molar-refractivity contribution in [1.82, 2.24) is 30.3 Å². The van der Waals surface area contributed by atoms with E-state index >= 15 is 0 Å². The molecule has 1 saturated heterocycles. The fourth-order valence-electron chi connectivity index (χ4n) is 5.17. The van der Waals surface area contributed by atoms with Crippen LogP contribution in [0.5, 0.6) is 5.88 Å². The van der Waals surface area contributed by atoms with Crippen molar-refractivity contribution in [2.24, 2.45) is 0 Å².